The molecule has 0 amide bonds. The third-order valence-electron chi connectivity index (χ3n) is 3.25. The SMILES string of the molecule is OCCN(c1nc(Cl)c(Cl)cc1Cl)C1CCCC1. The van der Waals surface area contributed by atoms with Crippen LogP contribution in [0.25, 0.3) is 0 Å². The molecule has 0 atom stereocenters. The Morgan fingerprint density at radius 3 is 2.50 bits per heavy atom. The number of rotatable bonds is 4. The van der Waals surface area contributed by atoms with Gasteiger partial charge in [0.1, 0.15) is 11.0 Å². The Kier molecular flexibility index (Phi) is 4.96. The average Bonchev–Trinajstić information content (AvgIpc) is 2.85. The summed E-state index contributed by atoms with van der Waals surface area (Å²) in [7, 11) is 0. The van der Waals surface area contributed by atoms with Crippen LogP contribution in [0.1, 0.15) is 25.7 Å². The quantitative estimate of drug-likeness (QED) is 0.860. The monoisotopic (exact) mass is 308 g/mol. The van der Waals surface area contributed by atoms with Crippen LogP contribution in [-0.2, 0) is 0 Å². The topological polar surface area (TPSA) is 36.4 Å². The zero-order valence-electron chi connectivity index (χ0n) is 9.87. The lowest BCUT2D eigenvalue weighted by molar-refractivity contribution is 0.297. The molecule has 1 heterocycles. The minimum Gasteiger partial charge on any atom is -0.395 e. The highest BCUT2D eigenvalue weighted by Gasteiger charge is 2.25. The van der Waals surface area contributed by atoms with Crippen molar-refractivity contribution < 1.29 is 5.11 Å². The molecule has 0 aromatic carbocycles. The van der Waals surface area contributed by atoms with Crippen LogP contribution in [0.2, 0.25) is 15.2 Å². The van der Waals surface area contributed by atoms with Crippen molar-refractivity contribution in [3.8, 4) is 0 Å². The second-order valence-corrected chi connectivity index (χ2v) is 5.59. The first kappa shape index (κ1) is 14.2. The number of aromatic nitrogens is 1. The van der Waals surface area contributed by atoms with Gasteiger partial charge < -0.3 is 10.0 Å². The Bertz CT molecular complexity index is 422. The maximum absolute atomic E-state index is 9.20. The maximum Gasteiger partial charge on any atom is 0.150 e. The Morgan fingerprint density at radius 1 is 1.22 bits per heavy atom. The van der Waals surface area contributed by atoms with Crippen LogP contribution < -0.4 is 4.90 Å². The number of nitrogens with zero attached hydrogens (tertiary/aromatic N) is 2. The molecule has 2 rings (SSSR count). The van der Waals surface area contributed by atoms with E-state index in [9.17, 15) is 5.11 Å². The molecule has 0 bridgehead atoms. The highest BCUT2D eigenvalue weighted by Crippen LogP contribution is 2.35. The zero-order chi connectivity index (χ0) is 13.1. The van der Waals surface area contributed by atoms with Crippen LogP contribution in [0, 0.1) is 0 Å². The van der Waals surface area contributed by atoms with Gasteiger partial charge in [0, 0.05) is 12.6 Å². The first-order valence-electron chi connectivity index (χ1n) is 6.02. The number of hydrogen-bond acceptors (Lipinski definition) is 3. The minimum atomic E-state index is 0.0642. The molecule has 1 aliphatic rings. The van der Waals surface area contributed by atoms with Crippen molar-refractivity contribution in [2.24, 2.45) is 0 Å². The summed E-state index contributed by atoms with van der Waals surface area (Å²) in [5.41, 5.74) is 0. The van der Waals surface area contributed by atoms with Crippen LogP contribution in [0.5, 0.6) is 0 Å². The molecule has 18 heavy (non-hydrogen) atoms. The molecule has 0 unspecified atom stereocenters. The summed E-state index contributed by atoms with van der Waals surface area (Å²) in [6.07, 6.45) is 4.59. The summed E-state index contributed by atoms with van der Waals surface area (Å²) in [4.78, 5) is 6.29. The van der Waals surface area contributed by atoms with Crippen molar-refractivity contribution in [3.05, 3.63) is 21.3 Å². The van der Waals surface area contributed by atoms with Crippen LogP contribution >= 0.6 is 34.8 Å². The highest BCUT2D eigenvalue weighted by molar-refractivity contribution is 6.42. The Balaban J connectivity index is 2.32. The van der Waals surface area contributed by atoms with Gasteiger partial charge in [0.25, 0.3) is 0 Å². The zero-order valence-corrected chi connectivity index (χ0v) is 12.1. The van der Waals surface area contributed by atoms with Gasteiger partial charge in [-0.15, -0.1) is 0 Å². The highest BCUT2D eigenvalue weighted by atomic mass is 35.5. The Hall–Kier alpha value is -0.220. The molecule has 0 aliphatic heterocycles. The molecular formula is C12H15Cl3N2O. The average molecular weight is 310 g/mol. The lowest BCUT2D eigenvalue weighted by Crippen LogP contribution is -2.36. The van der Waals surface area contributed by atoms with Crippen molar-refractivity contribution in [2.75, 3.05) is 18.1 Å². The molecule has 0 radical (unpaired) electrons. The molecule has 1 fully saturated rings. The summed E-state index contributed by atoms with van der Waals surface area (Å²) >= 11 is 18.0. The molecule has 1 aromatic heterocycles. The number of aliphatic hydroxyl groups is 1. The maximum atomic E-state index is 9.20. The minimum absolute atomic E-state index is 0.0642. The molecule has 1 saturated carbocycles. The van der Waals surface area contributed by atoms with E-state index >= 15 is 0 Å². The summed E-state index contributed by atoms with van der Waals surface area (Å²) in [5.74, 6) is 0.618. The predicted molar refractivity (Wildman–Crippen MR) is 76.0 cm³/mol. The summed E-state index contributed by atoms with van der Waals surface area (Å²) < 4.78 is 0. The molecule has 0 spiro atoms. The number of pyridine rings is 1. The first-order valence-corrected chi connectivity index (χ1v) is 7.16. The van der Waals surface area contributed by atoms with Crippen molar-refractivity contribution >= 4 is 40.6 Å². The Morgan fingerprint density at radius 2 is 1.89 bits per heavy atom. The van der Waals surface area contributed by atoms with Gasteiger partial charge >= 0.3 is 0 Å². The molecular weight excluding hydrogens is 295 g/mol. The van der Waals surface area contributed by atoms with Gasteiger partial charge in [0.05, 0.1) is 16.7 Å². The second kappa shape index (κ2) is 6.29. The number of halogens is 3. The van der Waals surface area contributed by atoms with Crippen molar-refractivity contribution in [1.29, 1.82) is 0 Å². The third kappa shape index (κ3) is 3.02. The van der Waals surface area contributed by atoms with Gasteiger partial charge in [-0.05, 0) is 18.9 Å². The summed E-state index contributed by atoms with van der Waals surface area (Å²) in [6.45, 7) is 0.574. The van der Waals surface area contributed by atoms with Crippen molar-refractivity contribution in [2.45, 2.75) is 31.7 Å². The first-order chi connectivity index (χ1) is 8.63. The van der Waals surface area contributed by atoms with Crippen molar-refractivity contribution in [3.63, 3.8) is 0 Å². The fourth-order valence-corrected chi connectivity index (χ4v) is 3.02. The number of hydrogen-bond donors (Lipinski definition) is 1. The van der Waals surface area contributed by atoms with Crippen LogP contribution in [0.15, 0.2) is 6.07 Å². The fraction of sp³-hybridized carbons (Fsp3) is 0.583. The van der Waals surface area contributed by atoms with Crippen LogP contribution in [0.3, 0.4) is 0 Å². The molecule has 3 nitrogen and oxygen atoms in total. The van der Waals surface area contributed by atoms with E-state index < -0.39 is 0 Å². The van der Waals surface area contributed by atoms with E-state index in [2.05, 4.69) is 4.98 Å². The van der Waals surface area contributed by atoms with Crippen molar-refractivity contribution in [1.82, 2.24) is 4.98 Å². The predicted octanol–water partition coefficient (Wildman–Crippen LogP) is 3.78. The Labute approximate surface area is 122 Å². The normalized spacial score (nSPS) is 16.2. The van der Waals surface area contributed by atoms with E-state index in [0.717, 1.165) is 12.8 Å². The fourth-order valence-electron chi connectivity index (χ4n) is 2.42. The second-order valence-electron chi connectivity index (χ2n) is 4.42. The number of aliphatic hydroxyl groups excluding tert-OH is 1. The largest absolute Gasteiger partial charge is 0.395 e. The van der Waals surface area contributed by atoms with Gasteiger partial charge in [-0.1, -0.05) is 47.6 Å². The molecule has 0 saturated heterocycles. The van der Waals surface area contributed by atoms with Crippen LogP contribution in [0.4, 0.5) is 5.82 Å². The van der Waals surface area contributed by atoms with Gasteiger partial charge in [0.2, 0.25) is 0 Å². The third-order valence-corrected chi connectivity index (χ3v) is 4.20. The van der Waals surface area contributed by atoms with Gasteiger partial charge in [-0.25, -0.2) is 4.98 Å². The summed E-state index contributed by atoms with van der Waals surface area (Å²) in [5, 5.41) is 10.3. The lowest BCUT2D eigenvalue weighted by Gasteiger charge is -2.30. The van der Waals surface area contributed by atoms with E-state index in [4.69, 9.17) is 34.8 Å². The van der Waals surface area contributed by atoms with E-state index in [1.54, 1.807) is 6.07 Å². The standard InChI is InChI=1S/C12H15Cl3N2O/c13-9-7-10(14)12(16-11(9)15)17(5-6-18)8-3-1-2-4-8/h7-8,18H,1-6H2. The van der Waals surface area contributed by atoms with Gasteiger partial charge in [0.15, 0.2) is 0 Å². The van der Waals surface area contributed by atoms with E-state index in [1.807, 2.05) is 4.90 Å². The molecule has 1 N–H and O–H groups in total. The van der Waals surface area contributed by atoms with E-state index in [-0.39, 0.29) is 11.8 Å². The van der Waals surface area contributed by atoms with Gasteiger partial charge in [-0.2, -0.15) is 0 Å². The molecule has 1 aromatic rings. The number of anilines is 1. The molecule has 6 heteroatoms. The lowest BCUT2D eigenvalue weighted by atomic mass is 10.2. The molecule has 1 aliphatic carbocycles. The van der Waals surface area contributed by atoms with Crippen LogP contribution in [-0.4, -0.2) is 29.3 Å². The summed E-state index contributed by atoms with van der Waals surface area (Å²) in [6, 6.07) is 1.98. The smallest absolute Gasteiger partial charge is 0.150 e. The molecule has 100 valence electrons. The van der Waals surface area contributed by atoms with E-state index in [0.29, 0.717) is 28.4 Å². The van der Waals surface area contributed by atoms with E-state index in [1.165, 1.54) is 12.8 Å². The van der Waals surface area contributed by atoms with Gasteiger partial charge in [-0.3, -0.25) is 0 Å².